The highest BCUT2D eigenvalue weighted by molar-refractivity contribution is 7.32. The first-order valence-electron chi connectivity index (χ1n) is 13.6. The van der Waals surface area contributed by atoms with Gasteiger partial charge in [-0.3, -0.25) is 0 Å². The fraction of sp³-hybridized carbons (Fsp3) is 0.375. The summed E-state index contributed by atoms with van der Waals surface area (Å²) in [6.45, 7) is 0. The zero-order chi connectivity index (χ0) is 26.8. The molecule has 190 valence electrons. The van der Waals surface area contributed by atoms with Gasteiger partial charge in [-0.25, -0.2) is 0 Å². The van der Waals surface area contributed by atoms with Crippen LogP contribution in [0.15, 0.2) is 28.9 Å². The molecule has 7 rings (SSSR count). The molecule has 0 bridgehead atoms. The molecule has 2 spiro atoms. The minimum absolute atomic E-state index is 0.00485. The molecule has 3 aromatic rings. The minimum atomic E-state index is -0.105. The molecular weight excluding hydrogens is 537 g/mol. The van der Waals surface area contributed by atoms with Crippen LogP contribution in [0.4, 0.5) is 0 Å². The summed E-state index contributed by atoms with van der Waals surface area (Å²) in [6.07, 6.45) is 17.6. The number of rotatable bonds is 2. The Morgan fingerprint density at radius 1 is 0.667 bits per heavy atom. The van der Waals surface area contributed by atoms with E-state index in [-0.39, 0.29) is 22.0 Å². The summed E-state index contributed by atoms with van der Waals surface area (Å²) in [7, 11) is 0. The Morgan fingerprint density at radius 2 is 1.26 bits per heavy atom. The second kappa shape index (κ2) is 9.05. The van der Waals surface area contributed by atoms with Crippen molar-refractivity contribution in [1.82, 2.24) is 0 Å². The average molecular weight is 561 g/mol. The third-order valence-corrected chi connectivity index (χ3v) is 12.9. The van der Waals surface area contributed by atoms with E-state index in [1.54, 1.807) is 23.0 Å². The Bertz CT molecular complexity index is 1780. The molecule has 0 radical (unpaired) electrons. The lowest BCUT2D eigenvalue weighted by atomic mass is 9.61. The first kappa shape index (κ1) is 24.6. The van der Waals surface area contributed by atoms with Crippen LogP contribution in [0.1, 0.15) is 90.7 Å². The zero-order valence-corrected chi connectivity index (χ0v) is 23.8. The van der Waals surface area contributed by atoms with E-state index in [1.807, 2.05) is 40.9 Å². The predicted octanol–water partition coefficient (Wildman–Crippen LogP) is 9.26. The summed E-state index contributed by atoms with van der Waals surface area (Å²) in [4.78, 5) is 5.19. The molecule has 4 nitrogen and oxygen atoms in total. The predicted molar refractivity (Wildman–Crippen MR) is 158 cm³/mol. The van der Waals surface area contributed by atoms with E-state index in [0.717, 1.165) is 30.6 Å². The number of hydrogen-bond donors (Lipinski definition) is 0. The number of allylic oxidation sites excluding steroid dienone is 4. The Balaban J connectivity index is 1.47. The Kier molecular flexibility index (Phi) is 5.70. The third-order valence-electron chi connectivity index (χ3n) is 9.28. The number of thiophene rings is 3. The molecule has 3 aromatic heterocycles. The lowest BCUT2D eigenvalue weighted by molar-refractivity contribution is 0.325. The van der Waals surface area contributed by atoms with Crippen molar-refractivity contribution in [3.63, 3.8) is 0 Å². The molecule has 4 aliphatic rings. The molecule has 39 heavy (non-hydrogen) atoms. The van der Waals surface area contributed by atoms with E-state index in [4.69, 9.17) is 0 Å². The van der Waals surface area contributed by atoms with Gasteiger partial charge in [0, 0.05) is 35.7 Å². The van der Waals surface area contributed by atoms with Crippen molar-refractivity contribution in [3.05, 3.63) is 55.3 Å². The van der Waals surface area contributed by atoms with Gasteiger partial charge in [0.15, 0.2) is 0 Å². The summed E-state index contributed by atoms with van der Waals surface area (Å²) < 4.78 is 2.59. The molecule has 4 aliphatic carbocycles. The summed E-state index contributed by atoms with van der Waals surface area (Å²) >= 11 is 5.53. The third kappa shape index (κ3) is 3.35. The Hall–Kier alpha value is -3.46. The van der Waals surface area contributed by atoms with Crippen LogP contribution in [-0.2, 0) is 10.8 Å². The molecule has 0 N–H and O–H groups in total. The van der Waals surface area contributed by atoms with Crippen LogP contribution >= 0.6 is 34.0 Å². The van der Waals surface area contributed by atoms with Crippen molar-refractivity contribution < 1.29 is 0 Å². The van der Waals surface area contributed by atoms with Gasteiger partial charge in [-0.1, -0.05) is 38.5 Å². The fourth-order valence-electron chi connectivity index (χ4n) is 7.77. The highest BCUT2D eigenvalue weighted by Gasteiger charge is 2.55. The van der Waals surface area contributed by atoms with Crippen LogP contribution in [0.25, 0.3) is 31.3 Å². The van der Waals surface area contributed by atoms with E-state index in [9.17, 15) is 21.0 Å². The van der Waals surface area contributed by atoms with Gasteiger partial charge in [0.05, 0.1) is 9.58 Å². The maximum atomic E-state index is 9.57. The molecule has 3 heterocycles. The molecule has 2 fully saturated rings. The van der Waals surface area contributed by atoms with Crippen LogP contribution in [-0.4, -0.2) is 0 Å². The minimum Gasteiger partial charge on any atom is -0.192 e. The smallest absolute Gasteiger partial charge is 0.131 e. The Labute approximate surface area is 240 Å². The summed E-state index contributed by atoms with van der Waals surface area (Å²) in [6, 6.07) is 10.4. The fourth-order valence-corrected chi connectivity index (χ4v) is 12.2. The van der Waals surface area contributed by atoms with Gasteiger partial charge in [-0.2, -0.15) is 21.0 Å². The van der Waals surface area contributed by atoms with E-state index in [1.165, 1.54) is 79.3 Å². The first-order valence-corrected chi connectivity index (χ1v) is 16.0. The summed E-state index contributed by atoms with van der Waals surface area (Å²) in [5.74, 6) is 0. The van der Waals surface area contributed by atoms with Crippen molar-refractivity contribution in [1.29, 1.82) is 21.0 Å². The molecule has 0 unspecified atom stereocenters. The summed E-state index contributed by atoms with van der Waals surface area (Å²) in [5.41, 5.74) is 5.96. The second-order valence-electron chi connectivity index (χ2n) is 11.1. The molecule has 0 saturated heterocycles. The molecule has 0 aliphatic heterocycles. The molecule has 0 amide bonds. The van der Waals surface area contributed by atoms with Gasteiger partial charge in [0.1, 0.15) is 35.4 Å². The van der Waals surface area contributed by atoms with Gasteiger partial charge >= 0.3 is 0 Å². The van der Waals surface area contributed by atoms with Crippen molar-refractivity contribution in [2.24, 2.45) is 0 Å². The van der Waals surface area contributed by atoms with Crippen LogP contribution in [0.3, 0.4) is 0 Å². The maximum Gasteiger partial charge on any atom is 0.131 e. The second-order valence-corrected chi connectivity index (χ2v) is 14.3. The van der Waals surface area contributed by atoms with Crippen molar-refractivity contribution in [2.45, 2.75) is 75.0 Å². The zero-order valence-electron chi connectivity index (χ0n) is 21.4. The largest absolute Gasteiger partial charge is 0.192 e. The van der Waals surface area contributed by atoms with E-state index in [2.05, 4.69) is 24.3 Å². The molecule has 7 heteroatoms. The van der Waals surface area contributed by atoms with Crippen molar-refractivity contribution >= 4 is 55.6 Å². The van der Waals surface area contributed by atoms with Crippen LogP contribution in [0, 0.1) is 45.3 Å². The molecule has 0 atom stereocenters. The molecule has 2 saturated carbocycles. The molecule has 0 aromatic carbocycles. The number of nitrogens with zero attached hydrogens (tertiary/aromatic N) is 4. The standard InChI is InChI=1S/C32H24N4S3/c33-15-19(16-34)11-21-13-23-25(31(21)7-3-1-4-8-31)26-29(38-23)30-27(32(26)9-5-2-6-10-32)28-24(39-30)14-22(37-28)12-20(17-35)18-36/h11-14H,1-10H2. The van der Waals surface area contributed by atoms with E-state index < -0.39 is 0 Å². The van der Waals surface area contributed by atoms with Crippen molar-refractivity contribution in [3.8, 4) is 34.0 Å². The van der Waals surface area contributed by atoms with Crippen LogP contribution in [0.5, 0.6) is 0 Å². The topological polar surface area (TPSA) is 95.2 Å². The SMILES string of the molecule is N#CC(C#N)=CC1=Cc2sc3c(c2C12CCCCC2)C1(CCCCC1)c1c-3sc2cc(C=C(C#N)C#N)sc12. The Morgan fingerprint density at radius 3 is 1.90 bits per heavy atom. The lowest BCUT2D eigenvalue weighted by Gasteiger charge is -2.42. The van der Waals surface area contributed by atoms with Crippen LogP contribution in [0.2, 0.25) is 0 Å². The normalized spacial score (nSPS) is 19.2. The van der Waals surface area contributed by atoms with E-state index in [0.29, 0.717) is 0 Å². The summed E-state index contributed by atoms with van der Waals surface area (Å²) in [5, 5.41) is 37.7. The van der Waals surface area contributed by atoms with Gasteiger partial charge in [-0.15, -0.1) is 34.0 Å². The molecular formula is C32H24N4S3. The monoisotopic (exact) mass is 560 g/mol. The first-order chi connectivity index (χ1) is 19.1. The van der Waals surface area contributed by atoms with Crippen molar-refractivity contribution in [2.75, 3.05) is 0 Å². The van der Waals surface area contributed by atoms with Gasteiger partial charge < -0.3 is 0 Å². The van der Waals surface area contributed by atoms with Crippen LogP contribution < -0.4 is 0 Å². The number of nitriles is 4. The highest BCUT2D eigenvalue weighted by Crippen LogP contribution is 2.69. The van der Waals surface area contributed by atoms with Gasteiger partial charge in [0.2, 0.25) is 0 Å². The number of fused-ring (bicyclic) bond motifs is 10. The van der Waals surface area contributed by atoms with Gasteiger partial charge in [0.25, 0.3) is 0 Å². The van der Waals surface area contributed by atoms with Gasteiger partial charge in [-0.05, 0) is 66.7 Å². The van der Waals surface area contributed by atoms with E-state index >= 15 is 0 Å². The lowest BCUT2D eigenvalue weighted by Crippen LogP contribution is -2.35. The highest BCUT2D eigenvalue weighted by atomic mass is 32.1. The number of hydrogen-bond acceptors (Lipinski definition) is 7. The quantitative estimate of drug-likeness (QED) is 0.292. The maximum absolute atomic E-state index is 9.57. The average Bonchev–Trinajstić information content (AvgIpc) is 3.73.